The number of carbonyl (C=O) groups excluding carboxylic acids is 1. The van der Waals surface area contributed by atoms with Gasteiger partial charge in [0.15, 0.2) is 5.84 Å². The lowest BCUT2D eigenvalue weighted by atomic mass is 10.1. The van der Waals surface area contributed by atoms with Gasteiger partial charge in [-0.05, 0) is 26.0 Å². The number of likely N-dealkylation sites (N-methyl/N-ethyl adjacent to an activating group) is 1. The molecule has 3 N–H and O–H groups in total. The molecule has 6 heteroatoms. The number of para-hydroxylation sites is 1. The fraction of sp³-hybridized carbons (Fsp3) is 0.267. The lowest BCUT2D eigenvalue weighted by Gasteiger charge is -2.21. The number of nitrogens with two attached hydrogens (primary N) is 1. The first-order valence-corrected chi connectivity index (χ1v) is 6.69. The van der Waals surface area contributed by atoms with Crippen molar-refractivity contribution in [2.24, 2.45) is 10.9 Å². The number of carbonyl (C=O) groups is 1. The lowest BCUT2D eigenvalue weighted by Crippen LogP contribution is -2.38. The van der Waals surface area contributed by atoms with Crippen molar-refractivity contribution in [3.05, 3.63) is 41.6 Å². The van der Waals surface area contributed by atoms with Gasteiger partial charge < -0.3 is 15.8 Å². The monoisotopic (exact) mass is 286 g/mol. The number of rotatable bonds is 4. The molecule has 0 aliphatic carbocycles. The first-order chi connectivity index (χ1) is 10.1. The molecule has 110 valence electrons. The third-order valence-electron chi connectivity index (χ3n) is 3.22. The van der Waals surface area contributed by atoms with Crippen LogP contribution in [0.1, 0.15) is 23.0 Å². The van der Waals surface area contributed by atoms with E-state index in [2.05, 4.69) is 10.1 Å². The molecule has 0 aliphatic rings. The van der Waals surface area contributed by atoms with Crippen molar-refractivity contribution in [1.82, 2.24) is 9.88 Å². The SMILES string of the molecule is CCN(CC(N)=NO)C(=O)c1cc(C)nc2ccccc12. The van der Waals surface area contributed by atoms with Gasteiger partial charge in [0.05, 0.1) is 17.6 Å². The van der Waals surface area contributed by atoms with Crippen molar-refractivity contribution in [1.29, 1.82) is 0 Å². The molecule has 1 amide bonds. The van der Waals surface area contributed by atoms with Gasteiger partial charge in [0.2, 0.25) is 0 Å². The normalized spacial score (nSPS) is 11.6. The van der Waals surface area contributed by atoms with Gasteiger partial charge in [0, 0.05) is 17.6 Å². The fourth-order valence-electron chi connectivity index (χ4n) is 2.21. The zero-order valence-corrected chi connectivity index (χ0v) is 12.1. The standard InChI is InChI=1S/C15H18N4O2/c1-3-19(9-14(16)18-21)15(20)12-8-10(2)17-13-7-5-4-6-11(12)13/h4-8,21H,3,9H2,1-2H3,(H2,16,18). The van der Waals surface area contributed by atoms with E-state index in [1.807, 2.05) is 38.1 Å². The molecule has 2 aromatic rings. The Hall–Kier alpha value is -2.63. The molecule has 1 aromatic heterocycles. The highest BCUT2D eigenvalue weighted by Gasteiger charge is 2.18. The van der Waals surface area contributed by atoms with Crippen LogP contribution in [0.15, 0.2) is 35.5 Å². The minimum Gasteiger partial charge on any atom is -0.409 e. The summed E-state index contributed by atoms with van der Waals surface area (Å²) in [7, 11) is 0. The first kappa shape index (κ1) is 14.8. The van der Waals surface area contributed by atoms with Gasteiger partial charge in [-0.25, -0.2) is 0 Å². The van der Waals surface area contributed by atoms with E-state index in [9.17, 15) is 4.79 Å². The quantitative estimate of drug-likeness (QED) is 0.387. The number of oxime groups is 1. The average Bonchev–Trinajstić information content (AvgIpc) is 2.50. The Bertz CT molecular complexity index is 697. The van der Waals surface area contributed by atoms with Crippen molar-refractivity contribution in [3.63, 3.8) is 0 Å². The number of amides is 1. The molecule has 0 spiro atoms. The van der Waals surface area contributed by atoms with Gasteiger partial charge in [-0.1, -0.05) is 23.4 Å². The van der Waals surface area contributed by atoms with Crippen LogP contribution in [-0.4, -0.2) is 39.9 Å². The minimum atomic E-state index is -0.161. The Kier molecular flexibility index (Phi) is 4.37. The Morgan fingerprint density at radius 3 is 2.81 bits per heavy atom. The third kappa shape index (κ3) is 3.10. The van der Waals surface area contributed by atoms with Crippen molar-refractivity contribution in [3.8, 4) is 0 Å². The molecule has 0 radical (unpaired) electrons. The first-order valence-electron chi connectivity index (χ1n) is 6.69. The van der Waals surface area contributed by atoms with Gasteiger partial charge in [0.1, 0.15) is 0 Å². The van der Waals surface area contributed by atoms with E-state index in [1.54, 1.807) is 6.07 Å². The summed E-state index contributed by atoms with van der Waals surface area (Å²) < 4.78 is 0. The van der Waals surface area contributed by atoms with E-state index in [0.717, 1.165) is 16.6 Å². The molecule has 1 heterocycles. The van der Waals surface area contributed by atoms with Gasteiger partial charge in [-0.3, -0.25) is 9.78 Å². The summed E-state index contributed by atoms with van der Waals surface area (Å²) in [5, 5.41) is 12.4. The number of aromatic nitrogens is 1. The van der Waals surface area contributed by atoms with Crippen LogP contribution in [0.3, 0.4) is 0 Å². The molecule has 0 aliphatic heterocycles. The van der Waals surface area contributed by atoms with Gasteiger partial charge >= 0.3 is 0 Å². The molecular formula is C15H18N4O2. The van der Waals surface area contributed by atoms with Crippen LogP contribution in [0, 0.1) is 6.92 Å². The summed E-state index contributed by atoms with van der Waals surface area (Å²) in [5.41, 5.74) is 7.63. The van der Waals surface area contributed by atoms with Crippen LogP contribution in [0.25, 0.3) is 10.9 Å². The Labute approximate surface area is 122 Å². The van der Waals surface area contributed by atoms with E-state index in [0.29, 0.717) is 12.1 Å². The molecule has 0 bridgehead atoms. The Balaban J connectivity index is 2.47. The molecule has 21 heavy (non-hydrogen) atoms. The fourth-order valence-corrected chi connectivity index (χ4v) is 2.21. The smallest absolute Gasteiger partial charge is 0.255 e. The summed E-state index contributed by atoms with van der Waals surface area (Å²) in [6.07, 6.45) is 0. The van der Waals surface area contributed by atoms with Crippen molar-refractivity contribution >= 4 is 22.6 Å². The zero-order chi connectivity index (χ0) is 15.4. The van der Waals surface area contributed by atoms with Crippen LogP contribution in [0.2, 0.25) is 0 Å². The Morgan fingerprint density at radius 2 is 2.14 bits per heavy atom. The maximum absolute atomic E-state index is 12.7. The highest BCUT2D eigenvalue weighted by Crippen LogP contribution is 2.19. The molecule has 1 aromatic carbocycles. The summed E-state index contributed by atoms with van der Waals surface area (Å²) in [6, 6.07) is 9.26. The van der Waals surface area contributed by atoms with Gasteiger partial charge in [0.25, 0.3) is 5.91 Å². The summed E-state index contributed by atoms with van der Waals surface area (Å²) in [4.78, 5) is 18.6. The average molecular weight is 286 g/mol. The van der Waals surface area contributed by atoms with E-state index >= 15 is 0 Å². The van der Waals surface area contributed by atoms with Crippen molar-refractivity contribution in [2.75, 3.05) is 13.1 Å². The summed E-state index contributed by atoms with van der Waals surface area (Å²) in [6.45, 7) is 4.24. The molecular weight excluding hydrogens is 268 g/mol. The number of amidine groups is 1. The highest BCUT2D eigenvalue weighted by molar-refractivity contribution is 6.07. The molecule has 0 fully saturated rings. The summed E-state index contributed by atoms with van der Waals surface area (Å²) in [5.74, 6) is -0.161. The number of fused-ring (bicyclic) bond motifs is 1. The molecule has 0 saturated heterocycles. The molecule has 2 rings (SSSR count). The number of aryl methyl sites for hydroxylation is 1. The van der Waals surface area contributed by atoms with E-state index in [1.165, 1.54) is 4.90 Å². The highest BCUT2D eigenvalue weighted by atomic mass is 16.4. The second-order valence-corrected chi connectivity index (χ2v) is 4.74. The third-order valence-corrected chi connectivity index (χ3v) is 3.22. The lowest BCUT2D eigenvalue weighted by molar-refractivity contribution is 0.0788. The number of pyridine rings is 1. The van der Waals surface area contributed by atoms with Crippen LogP contribution < -0.4 is 5.73 Å². The maximum atomic E-state index is 12.7. The maximum Gasteiger partial charge on any atom is 0.255 e. The second-order valence-electron chi connectivity index (χ2n) is 4.74. The minimum absolute atomic E-state index is 0.000263. The molecule has 0 saturated carbocycles. The summed E-state index contributed by atoms with van der Waals surface area (Å²) >= 11 is 0. The number of hydrogen-bond donors (Lipinski definition) is 2. The number of benzene rings is 1. The molecule has 0 atom stereocenters. The zero-order valence-electron chi connectivity index (χ0n) is 12.1. The van der Waals surface area contributed by atoms with Crippen molar-refractivity contribution < 1.29 is 10.0 Å². The van der Waals surface area contributed by atoms with Gasteiger partial charge in [-0.15, -0.1) is 0 Å². The topological polar surface area (TPSA) is 91.8 Å². The molecule has 0 unspecified atom stereocenters. The molecule has 6 nitrogen and oxygen atoms in total. The number of nitrogens with zero attached hydrogens (tertiary/aromatic N) is 3. The number of hydrogen-bond acceptors (Lipinski definition) is 4. The van der Waals surface area contributed by atoms with Gasteiger partial charge in [-0.2, -0.15) is 0 Å². The van der Waals surface area contributed by atoms with E-state index in [-0.39, 0.29) is 18.3 Å². The van der Waals surface area contributed by atoms with Crippen LogP contribution >= 0.6 is 0 Å². The van der Waals surface area contributed by atoms with Crippen LogP contribution in [-0.2, 0) is 0 Å². The van der Waals surface area contributed by atoms with E-state index < -0.39 is 0 Å². The largest absolute Gasteiger partial charge is 0.409 e. The predicted molar refractivity (Wildman–Crippen MR) is 81.5 cm³/mol. The van der Waals surface area contributed by atoms with Crippen LogP contribution in [0.5, 0.6) is 0 Å². The Morgan fingerprint density at radius 1 is 1.43 bits per heavy atom. The van der Waals surface area contributed by atoms with E-state index in [4.69, 9.17) is 10.9 Å². The van der Waals surface area contributed by atoms with Crippen molar-refractivity contribution in [2.45, 2.75) is 13.8 Å². The second kappa shape index (κ2) is 6.21. The van der Waals surface area contributed by atoms with Crippen LogP contribution in [0.4, 0.5) is 0 Å². The predicted octanol–water partition coefficient (Wildman–Crippen LogP) is 1.75.